The predicted octanol–water partition coefficient (Wildman–Crippen LogP) is 3.75. The number of ketones is 1. The molecule has 0 heterocycles. The molecular formula is C17H22O3. The van der Waals surface area contributed by atoms with Crippen molar-refractivity contribution in [1.29, 1.82) is 0 Å². The Balaban J connectivity index is 2.22. The molecule has 1 fully saturated rings. The molecule has 1 aromatic carbocycles. The molecule has 1 atom stereocenters. The van der Waals surface area contributed by atoms with E-state index in [0.29, 0.717) is 0 Å². The van der Waals surface area contributed by atoms with Gasteiger partial charge in [0.15, 0.2) is 11.9 Å². The fourth-order valence-corrected chi connectivity index (χ4v) is 2.89. The van der Waals surface area contributed by atoms with Crippen molar-refractivity contribution in [1.82, 2.24) is 0 Å². The average Bonchev–Trinajstić information content (AvgIpc) is 2.45. The zero-order valence-electron chi connectivity index (χ0n) is 12.2. The molecule has 2 rings (SSSR count). The number of hydrogen-bond acceptors (Lipinski definition) is 3. The quantitative estimate of drug-likeness (QED) is 0.785. The van der Waals surface area contributed by atoms with E-state index < -0.39 is 12.1 Å². The molecule has 1 aromatic rings. The van der Waals surface area contributed by atoms with Gasteiger partial charge in [0.2, 0.25) is 0 Å². The van der Waals surface area contributed by atoms with Crippen molar-refractivity contribution in [3.8, 4) is 0 Å². The van der Waals surface area contributed by atoms with Crippen LogP contribution in [0.25, 0.3) is 0 Å². The van der Waals surface area contributed by atoms with Gasteiger partial charge >= 0.3 is 5.97 Å². The number of aryl methyl sites for hydroxylation is 1. The highest BCUT2D eigenvalue weighted by Gasteiger charge is 2.31. The third kappa shape index (κ3) is 3.69. The zero-order valence-corrected chi connectivity index (χ0v) is 12.2. The van der Waals surface area contributed by atoms with Crippen LogP contribution in [0.1, 0.15) is 56.3 Å². The molecule has 0 spiro atoms. The topological polar surface area (TPSA) is 43.4 Å². The summed E-state index contributed by atoms with van der Waals surface area (Å²) in [7, 11) is 0. The van der Waals surface area contributed by atoms with Crippen molar-refractivity contribution in [3.63, 3.8) is 0 Å². The standard InChI is InChI=1S/C17H22O3/c1-12-7-6-10-15(11-12)17(20-13(2)18)16(19)14-8-4-3-5-9-14/h6-7,10-11,14,17H,3-5,8-9H2,1-2H3. The summed E-state index contributed by atoms with van der Waals surface area (Å²) in [5.41, 5.74) is 1.85. The lowest BCUT2D eigenvalue weighted by Crippen LogP contribution is -2.27. The maximum Gasteiger partial charge on any atom is 0.303 e. The molecule has 108 valence electrons. The Morgan fingerprint density at radius 2 is 1.90 bits per heavy atom. The normalized spacial score (nSPS) is 17.5. The molecule has 0 bridgehead atoms. The van der Waals surface area contributed by atoms with Crippen LogP contribution in [-0.4, -0.2) is 11.8 Å². The minimum Gasteiger partial charge on any atom is -0.450 e. The molecule has 1 aliphatic carbocycles. The summed E-state index contributed by atoms with van der Waals surface area (Å²) in [4.78, 5) is 24.0. The zero-order chi connectivity index (χ0) is 14.5. The van der Waals surface area contributed by atoms with Crippen LogP contribution in [0.15, 0.2) is 24.3 Å². The number of carbonyl (C=O) groups excluding carboxylic acids is 2. The van der Waals surface area contributed by atoms with Crippen molar-refractivity contribution in [2.75, 3.05) is 0 Å². The lowest BCUT2D eigenvalue weighted by atomic mass is 9.83. The van der Waals surface area contributed by atoms with Crippen molar-refractivity contribution in [2.24, 2.45) is 5.92 Å². The molecule has 3 nitrogen and oxygen atoms in total. The van der Waals surface area contributed by atoms with Crippen molar-refractivity contribution in [2.45, 2.75) is 52.1 Å². The molecule has 1 aliphatic rings. The van der Waals surface area contributed by atoms with E-state index in [1.165, 1.54) is 13.3 Å². The van der Waals surface area contributed by atoms with Crippen molar-refractivity contribution in [3.05, 3.63) is 35.4 Å². The van der Waals surface area contributed by atoms with Gasteiger partial charge < -0.3 is 4.74 Å². The van der Waals surface area contributed by atoms with Crippen LogP contribution in [-0.2, 0) is 14.3 Å². The van der Waals surface area contributed by atoms with E-state index in [1.54, 1.807) is 0 Å². The Morgan fingerprint density at radius 1 is 1.20 bits per heavy atom. The highest BCUT2D eigenvalue weighted by molar-refractivity contribution is 5.88. The van der Waals surface area contributed by atoms with Crippen molar-refractivity contribution >= 4 is 11.8 Å². The third-order valence-electron chi connectivity index (χ3n) is 3.89. The summed E-state index contributed by atoms with van der Waals surface area (Å²) in [5.74, 6) is -0.306. The fourth-order valence-electron chi connectivity index (χ4n) is 2.89. The number of Topliss-reactive ketones (excluding diaryl/α,β-unsaturated/α-hetero) is 1. The average molecular weight is 274 g/mol. The Kier molecular flexibility index (Phi) is 4.94. The van der Waals surface area contributed by atoms with Gasteiger partial charge in [0.25, 0.3) is 0 Å². The van der Waals surface area contributed by atoms with E-state index in [4.69, 9.17) is 4.74 Å². The first-order chi connectivity index (χ1) is 9.58. The van der Waals surface area contributed by atoms with E-state index in [2.05, 4.69) is 0 Å². The van der Waals surface area contributed by atoms with E-state index in [-0.39, 0.29) is 11.7 Å². The second-order valence-corrected chi connectivity index (χ2v) is 5.64. The second kappa shape index (κ2) is 6.69. The highest BCUT2D eigenvalue weighted by Crippen LogP contribution is 2.31. The number of ether oxygens (including phenoxy) is 1. The Labute approximate surface area is 120 Å². The molecule has 0 N–H and O–H groups in total. The first kappa shape index (κ1) is 14.8. The summed E-state index contributed by atoms with van der Waals surface area (Å²) in [6.07, 6.45) is 4.49. The molecule has 3 heteroatoms. The molecule has 0 aliphatic heterocycles. The molecule has 0 aromatic heterocycles. The predicted molar refractivity (Wildman–Crippen MR) is 77.3 cm³/mol. The SMILES string of the molecule is CC(=O)OC(C(=O)C1CCCCC1)c1cccc(C)c1. The molecule has 0 amide bonds. The summed E-state index contributed by atoms with van der Waals surface area (Å²) in [5, 5.41) is 0. The van der Waals surface area contributed by atoms with Gasteiger partial charge in [0.05, 0.1) is 0 Å². The van der Waals surface area contributed by atoms with Gasteiger partial charge in [-0.15, -0.1) is 0 Å². The first-order valence-electron chi connectivity index (χ1n) is 7.35. The van der Waals surface area contributed by atoms with E-state index in [9.17, 15) is 9.59 Å². The van der Waals surface area contributed by atoms with Crippen LogP contribution in [0, 0.1) is 12.8 Å². The summed E-state index contributed by atoms with van der Waals surface area (Å²) < 4.78 is 5.32. The van der Waals surface area contributed by atoms with Crippen LogP contribution in [0.2, 0.25) is 0 Å². The summed E-state index contributed by atoms with van der Waals surface area (Å²) >= 11 is 0. The first-order valence-corrected chi connectivity index (χ1v) is 7.35. The minimum absolute atomic E-state index is 0.0358. The van der Waals surface area contributed by atoms with Crippen LogP contribution in [0.4, 0.5) is 0 Å². The van der Waals surface area contributed by atoms with Gasteiger partial charge in [0, 0.05) is 18.4 Å². The maximum absolute atomic E-state index is 12.7. The molecule has 0 saturated heterocycles. The van der Waals surface area contributed by atoms with Gasteiger partial charge in [-0.2, -0.15) is 0 Å². The number of esters is 1. The van der Waals surface area contributed by atoms with Gasteiger partial charge in [-0.05, 0) is 19.8 Å². The monoisotopic (exact) mass is 274 g/mol. The largest absolute Gasteiger partial charge is 0.450 e. The van der Waals surface area contributed by atoms with Gasteiger partial charge in [-0.25, -0.2) is 0 Å². The Bertz CT molecular complexity index is 487. The number of carbonyl (C=O) groups is 2. The van der Waals surface area contributed by atoms with Crippen LogP contribution < -0.4 is 0 Å². The number of hydrogen-bond donors (Lipinski definition) is 0. The lowest BCUT2D eigenvalue weighted by Gasteiger charge is -2.25. The number of benzene rings is 1. The molecule has 0 radical (unpaired) electrons. The summed E-state index contributed by atoms with van der Waals surface area (Å²) in [6, 6.07) is 7.66. The highest BCUT2D eigenvalue weighted by atomic mass is 16.5. The van der Waals surface area contributed by atoms with Crippen LogP contribution >= 0.6 is 0 Å². The van der Waals surface area contributed by atoms with E-state index in [1.807, 2.05) is 31.2 Å². The van der Waals surface area contributed by atoms with Crippen LogP contribution in [0.5, 0.6) is 0 Å². The Hall–Kier alpha value is -1.64. The molecule has 1 saturated carbocycles. The second-order valence-electron chi connectivity index (χ2n) is 5.64. The van der Waals surface area contributed by atoms with Gasteiger partial charge in [-0.1, -0.05) is 49.1 Å². The molecule has 1 unspecified atom stereocenters. The van der Waals surface area contributed by atoms with E-state index in [0.717, 1.165) is 36.8 Å². The minimum atomic E-state index is -0.740. The molecular weight excluding hydrogens is 252 g/mol. The van der Waals surface area contributed by atoms with Crippen LogP contribution in [0.3, 0.4) is 0 Å². The lowest BCUT2D eigenvalue weighted by molar-refractivity contribution is -0.155. The van der Waals surface area contributed by atoms with Crippen molar-refractivity contribution < 1.29 is 14.3 Å². The third-order valence-corrected chi connectivity index (χ3v) is 3.89. The number of rotatable bonds is 4. The van der Waals surface area contributed by atoms with E-state index >= 15 is 0 Å². The fraction of sp³-hybridized carbons (Fsp3) is 0.529. The molecule has 20 heavy (non-hydrogen) atoms. The van der Waals surface area contributed by atoms with Gasteiger partial charge in [-0.3, -0.25) is 9.59 Å². The Morgan fingerprint density at radius 3 is 2.50 bits per heavy atom. The maximum atomic E-state index is 12.7. The smallest absolute Gasteiger partial charge is 0.303 e. The van der Waals surface area contributed by atoms with Gasteiger partial charge in [0.1, 0.15) is 0 Å². The summed E-state index contributed by atoms with van der Waals surface area (Å²) in [6.45, 7) is 3.33.